The summed E-state index contributed by atoms with van der Waals surface area (Å²) in [5, 5.41) is 63.5. The first-order valence-electron chi connectivity index (χ1n) is 10.4. The van der Waals surface area contributed by atoms with Crippen molar-refractivity contribution in [3.8, 4) is 0 Å². The zero-order valence-corrected chi connectivity index (χ0v) is 16.0. The molecule has 0 fully saturated rings. The molecule has 0 bridgehead atoms. The molecule has 30 heavy (non-hydrogen) atoms. The molecule has 0 aliphatic carbocycles. The molecule has 0 heterocycles. The normalized spacial score (nSPS) is 20.5. The number of rotatable bonds is 9. The number of aliphatic hydroxyl groups excluding tert-OH is 4. The molecule has 0 saturated heterocycles. The van der Waals surface area contributed by atoms with Gasteiger partial charge in [-0.25, -0.2) is 0 Å². The standard InChI is InChI=1S/C22H26O8/c1-21(29,17(25)15(23)13-9-5-3-6-10-13)19(27)20(28)22(2,30)18(26)16(24)14-11-7-4-8-12-14/h3-12,17-20,25-30H,1-2H3/t17?,18?,19-,20-,21+,22+/m0/s1/i1D,2D. The van der Waals surface area contributed by atoms with Gasteiger partial charge in [-0.2, -0.15) is 0 Å². The fourth-order valence-electron chi connectivity index (χ4n) is 2.84. The summed E-state index contributed by atoms with van der Waals surface area (Å²) in [6, 6.07) is 14.4. The summed E-state index contributed by atoms with van der Waals surface area (Å²) in [5.41, 5.74) is -6.09. The maximum absolute atomic E-state index is 12.5. The molecule has 0 aromatic heterocycles. The van der Waals surface area contributed by atoms with Gasteiger partial charge in [-0.15, -0.1) is 0 Å². The molecule has 2 rings (SSSR count). The van der Waals surface area contributed by atoms with Crippen molar-refractivity contribution in [1.29, 1.82) is 0 Å². The van der Waals surface area contributed by atoms with Crippen molar-refractivity contribution in [2.75, 3.05) is 0 Å². The molecule has 2 aromatic carbocycles. The smallest absolute Gasteiger partial charge is 0.194 e. The van der Waals surface area contributed by atoms with Crippen LogP contribution in [0.2, 0.25) is 0 Å². The molecule has 2 unspecified atom stereocenters. The minimum atomic E-state index is -3.00. The molecule has 0 saturated carbocycles. The van der Waals surface area contributed by atoms with E-state index in [1.807, 2.05) is 0 Å². The van der Waals surface area contributed by atoms with E-state index < -0.39 is 61.0 Å². The van der Waals surface area contributed by atoms with Gasteiger partial charge in [0, 0.05) is 13.9 Å². The maximum atomic E-state index is 12.5. The molecule has 2 aromatic rings. The van der Waals surface area contributed by atoms with Gasteiger partial charge in [0.2, 0.25) is 0 Å². The van der Waals surface area contributed by atoms with Crippen LogP contribution in [-0.4, -0.2) is 77.8 Å². The van der Waals surface area contributed by atoms with Crippen LogP contribution in [0.5, 0.6) is 0 Å². The SMILES string of the molecule is [2H]C[C@@](O)(C(O)C(=O)c1ccccc1)[C@@H](O)[C@H](O)[C@@](O)(C[2H])C(O)C(=O)c1ccccc1. The molecule has 0 spiro atoms. The van der Waals surface area contributed by atoms with E-state index in [1.54, 1.807) is 12.1 Å². The molecule has 6 N–H and O–H groups in total. The van der Waals surface area contributed by atoms with E-state index in [2.05, 4.69) is 0 Å². The first kappa shape index (κ1) is 20.8. The van der Waals surface area contributed by atoms with E-state index in [9.17, 15) is 40.2 Å². The first-order valence-corrected chi connectivity index (χ1v) is 8.98. The number of Topliss-reactive ketones (excluding diaryl/α,β-unsaturated/α-hetero) is 2. The Balaban J connectivity index is 2.35. The zero-order chi connectivity index (χ0) is 24.1. The van der Waals surface area contributed by atoms with Crippen LogP contribution >= 0.6 is 0 Å². The number of carbonyl (C=O) groups excluding carboxylic acids is 2. The third-order valence-corrected chi connectivity index (χ3v) is 4.88. The van der Waals surface area contributed by atoms with Crippen LogP contribution in [0.3, 0.4) is 0 Å². The third kappa shape index (κ3) is 4.65. The molecule has 8 nitrogen and oxygen atoms in total. The largest absolute Gasteiger partial charge is 0.387 e. The highest BCUT2D eigenvalue weighted by Gasteiger charge is 2.53. The molecule has 162 valence electrons. The fourth-order valence-corrected chi connectivity index (χ4v) is 2.84. The Morgan fingerprint density at radius 3 is 1.27 bits per heavy atom. The molecule has 8 heteroatoms. The van der Waals surface area contributed by atoms with Gasteiger partial charge in [-0.1, -0.05) is 60.7 Å². The molecule has 6 atom stereocenters. The van der Waals surface area contributed by atoms with Crippen molar-refractivity contribution >= 4 is 11.6 Å². The van der Waals surface area contributed by atoms with Crippen LogP contribution in [0.4, 0.5) is 0 Å². The van der Waals surface area contributed by atoms with E-state index in [0.717, 1.165) is 0 Å². The summed E-state index contributed by atoms with van der Waals surface area (Å²) in [6.07, 6.45) is -9.97. The second kappa shape index (κ2) is 9.13. The van der Waals surface area contributed by atoms with Crippen LogP contribution in [0, 0.1) is 0 Å². The number of benzene rings is 2. The quantitative estimate of drug-likeness (QED) is 0.302. The van der Waals surface area contributed by atoms with Crippen molar-refractivity contribution in [2.24, 2.45) is 0 Å². The molecular formula is C22H26O8. The van der Waals surface area contributed by atoms with Gasteiger partial charge in [-0.3, -0.25) is 9.59 Å². The Bertz CT molecular complexity index is 837. The van der Waals surface area contributed by atoms with Gasteiger partial charge in [0.1, 0.15) is 35.6 Å². The highest BCUT2D eigenvalue weighted by atomic mass is 16.4. The Hall–Kier alpha value is -2.46. The molecule has 0 amide bonds. The van der Waals surface area contributed by atoms with Crippen molar-refractivity contribution in [3.63, 3.8) is 0 Å². The van der Waals surface area contributed by atoms with E-state index >= 15 is 0 Å². The lowest BCUT2D eigenvalue weighted by molar-refractivity contribution is -0.211. The van der Waals surface area contributed by atoms with Crippen molar-refractivity contribution in [2.45, 2.75) is 49.4 Å². The Labute approximate surface area is 176 Å². The first-order chi connectivity index (χ1) is 15.0. The average molecular weight is 420 g/mol. The molecular weight excluding hydrogens is 392 g/mol. The highest BCUT2D eigenvalue weighted by Crippen LogP contribution is 2.29. The lowest BCUT2D eigenvalue weighted by Crippen LogP contribution is -2.65. The zero-order valence-electron chi connectivity index (χ0n) is 18.0. The summed E-state index contributed by atoms with van der Waals surface area (Å²) in [5.74, 6) is -2.14. The topological polar surface area (TPSA) is 156 Å². The monoisotopic (exact) mass is 420 g/mol. The Morgan fingerprint density at radius 1 is 0.700 bits per heavy atom. The molecule has 0 aliphatic rings. The lowest BCUT2D eigenvalue weighted by atomic mass is 9.77. The number of aliphatic hydroxyl groups is 6. The average Bonchev–Trinajstić information content (AvgIpc) is 2.85. The van der Waals surface area contributed by atoms with Crippen molar-refractivity contribution in [3.05, 3.63) is 71.8 Å². The van der Waals surface area contributed by atoms with Crippen LogP contribution < -0.4 is 0 Å². The van der Waals surface area contributed by atoms with Crippen LogP contribution in [0.1, 0.15) is 37.3 Å². The number of ketones is 2. The van der Waals surface area contributed by atoms with E-state index in [0.29, 0.717) is 0 Å². The summed E-state index contributed by atoms with van der Waals surface area (Å²) in [6.45, 7) is -2.39. The van der Waals surface area contributed by atoms with Crippen LogP contribution in [0.15, 0.2) is 60.7 Å². The maximum Gasteiger partial charge on any atom is 0.194 e. The Morgan fingerprint density at radius 2 is 1.00 bits per heavy atom. The van der Waals surface area contributed by atoms with Gasteiger partial charge < -0.3 is 30.6 Å². The van der Waals surface area contributed by atoms with Gasteiger partial charge in [0.15, 0.2) is 11.6 Å². The lowest BCUT2D eigenvalue weighted by Gasteiger charge is -2.41. The predicted molar refractivity (Wildman–Crippen MR) is 107 cm³/mol. The van der Waals surface area contributed by atoms with E-state index in [1.165, 1.54) is 48.5 Å². The summed E-state index contributed by atoms with van der Waals surface area (Å²) in [4.78, 5) is 25.1. The third-order valence-electron chi connectivity index (χ3n) is 4.88. The van der Waals surface area contributed by atoms with Gasteiger partial charge in [0.25, 0.3) is 0 Å². The van der Waals surface area contributed by atoms with Gasteiger partial charge in [0.05, 0.1) is 0 Å². The fraction of sp³-hybridized carbons (Fsp3) is 0.364. The highest BCUT2D eigenvalue weighted by molar-refractivity contribution is 6.00. The molecule has 0 radical (unpaired) electrons. The summed E-state index contributed by atoms with van der Waals surface area (Å²) in [7, 11) is 0. The van der Waals surface area contributed by atoms with Crippen molar-refractivity contribution < 1.29 is 43.0 Å². The second-order valence-electron chi connectivity index (χ2n) is 7.14. The van der Waals surface area contributed by atoms with Gasteiger partial charge in [-0.05, 0) is 13.8 Å². The Kier molecular flexibility index (Phi) is 6.33. The number of hydrogen-bond acceptors (Lipinski definition) is 8. The summed E-state index contributed by atoms with van der Waals surface area (Å²) >= 11 is 0. The minimum Gasteiger partial charge on any atom is -0.387 e. The van der Waals surface area contributed by atoms with E-state index in [4.69, 9.17) is 2.74 Å². The van der Waals surface area contributed by atoms with Crippen LogP contribution in [0.25, 0.3) is 0 Å². The van der Waals surface area contributed by atoms with Crippen LogP contribution in [-0.2, 0) is 0 Å². The minimum absolute atomic E-state index is 0.0522. The second-order valence-corrected chi connectivity index (χ2v) is 7.14. The number of hydrogen-bond donors (Lipinski definition) is 6. The van der Waals surface area contributed by atoms with E-state index in [-0.39, 0.29) is 11.1 Å². The molecule has 0 aliphatic heterocycles. The predicted octanol–water partition coefficient (Wildman–Crippen LogP) is -0.302. The van der Waals surface area contributed by atoms with Crippen molar-refractivity contribution in [1.82, 2.24) is 0 Å². The van der Waals surface area contributed by atoms with Gasteiger partial charge >= 0.3 is 0 Å². The summed E-state index contributed by atoms with van der Waals surface area (Å²) < 4.78 is 15.1. The number of carbonyl (C=O) groups is 2.